The smallest absolute Gasteiger partial charge is 0.163 e. The highest BCUT2D eigenvalue weighted by atomic mass is 16.5. The Labute approximate surface area is 193 Å². The van der Waals surface area contributed by atoms with E-state index in [-0.39, 0.29) is 29.3 Å². The average Bonchev–Trinajstić information content (AvgIpc) is 3.34. The molecule has 0 amide bonds. The van der Waals surface area contributed by atoms with Gasteiger partial charge in [-0.1, -0.05) is 33.3 Å². The molecule has 2 aromatic carbocycles. The average molecular weight is 451 g/mol. The summed E-state index contributed by atoms with van der Waals surface area (Å²) in [5.41, 5.74) is 2.18. The van der Waals surface area contributed by atoms with Crippen LogP contribution in [0.15, 0.2) is 36.4 Å². The maximum Gasteiger partial charge on any atom is 0.163 e. The van der Waals surface area contributed by atoms with Gasteiger partial charge in [-0.3, -0.25) is 9.59 Å². The molecular weight excluding hydrogens is 420 g/mol. The van der Waals surface area contributed by atoms with Gasteiger partial charge in [-0.05, 0) is 66.1 Å². The number of phenolic OH excluding ortho intramolecular Hbond substituents is 1. The monoisotopic (exact) mass is 450 g/mol. The lowest BCUT2D eigenvalue weighted by molar-refractivity contribution is 0.0970. The standard InChI is InChI=1S/C25H30N4O4/c1-5-6-21-18(9-12-20(16(2)30)23(21)32)15-33-19-10-7-17(8-11-19)22(31)13-14-25(3,4)24-26-28-29-27-24/h7-12,32H,5-6,13-15H2,1-4H3,(H,26,27,28,29). The Bertz CT molecular complexity index is 1110. The minimum Gasteiger partial charge on any atom is -0.507 e. The Balaban J connectivity index is 1.62. The number of nitrogens with one attached hydrogen (secondary N) is 1. The van der Waals surface area contributed by atoms with E-state index in [1.807, 2.05) is 26.8 Å². The Morgan fingerprint density at radius 1 is 1.12 bits per heavy atom. The van der Waals surface area contributed by atoms with Crippen molar-refractivity contribution in [1.82, 2.24) is 20.6 Å². The van der Waals surface area contributed by atoms with Gasteiger partial charge < -0.3 is 9.84 Å². The fraction of sp³-hybridized carbons (Fsp3) is 0.400. The Kier molecular flexibility index (Phi) is 7.58. The lowest BCUT2D eigenvalue weighted by Crippen LogP contribution is -2.20. The Morgan fingerprint density at radius 2 is 1.85 bits per heavy atom. The number of hydrogen-bond acceptors (Lipinski definition) is 7. The zero-order valence-electron chi connectivity index (χ0n) is 19.5. The van der Waals surface area contributed by atoms with Crippen LogP contribution in [0.5, 0.6) is 11.5 Å². The van der Waals surface area contributed by atoms with Gasteiger partial charge in [0, 0.05) is 23.0 Å². The van der Waals surface area contributed by atoms with Gasteiger partial charge in [-0.2, -0.15) is 0 Å². The van der Waals surface area contributed by atoms with Crippen molar-refractivity contribution in [2.45, 2.75) is 65.4 Å². The highest BCUT2D eigenvalue weighted by Crippen LogP contribution is 2.29. The molecule has 33 heavy (non-hydrogen) atoms. The van der Waals surface area contributed by atoms with Crippen LogP contribution >= 0.6 is 0 Å². The summed E-state index contributed by atoms with van der Waals surface area (Å²) in [6.07, 6.45) is 2.47. The van der Waals surface area contributed by atoms with E-state index in [0.717, 1.165) is 17.5 Å². The molecule has 8 nitrogen and oxygen atoms in total. The molecule has 0 aliphatic rings. The summed E-state index contributed by atoms with van der Waals surface area (Å²) in [6.45, 7) is 7.70. The summed E-state index contributed by atoms with van der Waals surface area (Å²) in [6, 6.07) is 10.5. The second kappa shape index (κ2) is 10.4. The number of tetrazole rings is 1. The second-order valence-electron chi connectivity index (χ2n) is 8.78. The summed E-state index contributed by atoms with van der Waals surface area (Å²) in [7, 11) is 0. The fourth-order valence-electron chi connectivity index (χ4n) is 3.66. The maximum atomic E-state index is 12.6. The first kappa shape index (κ1) is 24.1. The number of ketones is 2. The number of aromatic hydroxyl groups is 1. The van der Waals surface area contributed by atoms with Crippen LogP contribution in [0.25, 0.3) is 0 Å². The van der Waals surface area contributed by atoms with Crippen LogP contribution in [0.1, 0.15) is 84.6 Å². The Morgan fingerprint density at radius 3 is 2.45 bits per heavy atom. The summed E-state index contributed by atoms with van der Waals surface area (Å²) < 4.78 is 5.90. The number of nitrogens with zero attached hydrogens (tertiary/aromatic N) is 3. The largest absolute Gasteiger partial charge is 0.507 e. The number of hydrogen-bond donors (Lipinski definition) is 2. The van der Waals surface area contributed by atoms with E-state index in [9.17, 15) is 14.7 Å². The van der Waals surface area contributed by atoms with Crippen LogP contribution in [-0.2, 0) is 18.4 Å². The van der Waals surface area contributed by atoms with Crippen molar-refractivity contribution in [3.8, 4) is 11.5 Å². The number of H-pyrrole nitrogens is 1. The van der Waals surface area contributed by atoms with Crippen LogP contribution in [0.2, 0.25) is 0 Å². The predicted octanol–water partition coefficient (Wildman–Crippen LogP) is 4.58. The van der Waals surface area contributed by atoms with Crippen molar-refractivity contribution in [1.29, 1.82) is 0 Å². The molecule has 0 bridgehead atoms. The third kappa shape index (κ3) is 5.83. The molecule has 0 aliphatic heterocycles. The van der Waals surface area contributed by atoms with Gasteiger partial charge in [-0.15, -0.1) is 5.10 Å². The zero-order valence-corrected chi connectivity index (χ0v) is 19.5. The summed E-state index contributed by atoms with van der Waals surface area (Å²) in [5.74, 6) is 1.19. The zero-order chi connectivity index (χ0) is 24.0. The lowest BCUT2D eigenvalue weighted by Gasteiger charge is -2.20. The number of aromatic nitrogens is 4. The van der Waals surface area contributed by atoms with Crippen molar-refractivity contribution < 1.29 is 19.4 Å². The minimum atomic E-state index is -0.331. The fourth-order valence-corrected chi connectivity index (χ4v) is 3.66. The summed E-state index contributed by atoms with van der Waals surface area (Å²) in [5, 5.41) is 24.4. The number of ether oxygens (including phenoxy) is 1. The lowest BCUT2D eigenvalue weighted by atomic mass is 9.85. The highest BCUT2D eigenvalue weighted by molar-refractivity contribution is 5.97. The van der Waals surface area contributed by atoms with Crippen molar-refractivity contribution in [2.75, 3.05) is 0 Å². The first-order valence-corrected chi connectivity index (χ1v) is 11.1. The number of rotatable bonds is 11. The minimum absolute atomic E-state index is 0.0374. The first-order valence-electron chi connectivity index (χ1n) is 11.1. The molecule has 8 heteroatoms. The molecule has 0 saturated heterocycles. The van der Waals surface area contributed by atoms with E-state index < -0.39 is 0 Å². The molecule has 0 radical (unpaired) electrons. The molecule has 0 atom stereocenters. The molecular formula is C25H30N4O4. The highest BCUT2D eigenvalue weighted by Gasteiger charge is 2.25. The van der Waals surface area contributed by atoms with Gasteiger partial charge >= 0.3 is 0 Å². The number of carbonyl (C=O) groups is 2. The van der Waals surface area contributed by atoms with Crippen LogP contribution < -0.4 is 4.74 Å². The molecule has 174 valence electrons. The van der Waals surface area contributed by atoms with E-state index in [0.29, 0.717) is 42.0 Å². The van der Waals surface area contributed by atoms with E-state index in [4.69, 9.17) is 4.74 Å². The molecule has 2 N–H and O–H groups in total. The van der Waals surface area contributed by atoms with E-state index in [2.05, 4.69) is 20.6 Å². The van der Waals surface area contributed by atoms with Gasteiger partial charge in [0.15, 0.2) is 17.4 Å². The van der Waals surface area contributed by atoms with Gasteiger partial charge in [0.05, 0.1) is 5.56 Å². The third-order valence-electron chi connectivity index (χ3n) is 5.79. The number of aromatic amines is 1. The molecule has 0 fully saturated rings. The van der Waals surface area contributed by atoms with Gasteiger partial charge in [0.1, 0.15) is 18.1 Å². The van der Waals surface area contributed by atoms with Crippen molar-refractivity contribution in [3.05, 3.63) is 64.5 Å². The predicted molar refractivity (Wildman–Crippen MR) is 124 cm³/mol. The van der Waals surface area contributed by atoms with Gasteiger partial charge in [0.2, 0.25) is 0 Å². The molecule has 0 saturated carbocycles. The molecule has 3 rings (SSSR count). The van der Waals surface area contributed by atoms with Crippen molar-refractivity contribution in [2.24, 2.45) is 0 Å². The van der Waals surface area contributed by atoms with E-state index in [1.54, 1.807) is 30.3 Å². The quantitative estimate of drug-likeness (QED) is 0.411. The van der Waals surface area contributed by atoms with E-state index >= 15 is 0 Å². The van der Waals surface area contributed by atoms with Crippen LogP contribution in [0.4, 0.5) is 0 Å². The van der Waals surface area contributed by atoms with Crippen molar-refractivity contribution in [3.63, 3.8) is 0 Å². The molecule has 1 heterocycles. The molecule has 0 aliphatic carbocycles. The Hall–Kier alpha value is -3.55. The third-order valence-corrected chi connectivity index (χ3v) is 5.79. The van der Waals surface area contributed by atoms with Crippen LogP contribution in [0.3, 0.4) is 0 Å². The van der Waals surface area contributed by atoms with Crippen LogP contribution in [-0.4, -0.2) is 37.3 Å². The number of benzene rings is 2. The maximum absolute atomic E-state index is 12.6. The SMILES string of the molecule is CCCc1c(COc2ccc(C(=O)CCC(C)(C)c3nnn[nH]3)cc2)ccc(C(C)=O)c1O. The molecule has 0 unspecified atom stereocenters. The van der Waals surface area contributed by atoms with Gasteiger partial charge in [-0.25, -0.2) is 5.10 Å². The molecule has 1 aromatic heterocycles. The molecule has 3 aromatic rings. The second-order valence-corrected chi connectivity index (χ2v) is 8.78. The summed E-state index contributed by atoms with van der Waals surface area (Å²) >= 11 is 0. The first-order chi connectivity index (χ1) is 15.7. The summed E-state index contributed by atoms with van der Waals surface area (Å²) in [4.78, 5) is 24.4. The molecule has 0 spiro atoms. The normalized spacial score (nSPS) is 11.4. The number of phenols is 1. The van der Waals surface area contributed by atoms with Crippen molar-refractivity contribution >= 4 is 11.6 Å². The topological polar surface area (TPSA) is 118 Å². The van der Waals surface area contributed by atoms with E-state index in [1.165, 1.54) is 6.92 Å². The van der Waals surface area contributed by atoms with Crippen LogP contribution in [0, 0.1) is 0 Å². The number of carbonyl (C=O) groups excluding carboxylic acids is 2. The number of Topliss-reactive ketones (excluding diaryl/α,β-unsaturated/α-hetero) is 2. The van der Waals surface area contributed by atoms with Gasteiger partial charge in [0.25, 0.3) is 0 Å².